The second-order valence-electron chi connectivity index (χ2n) is 10.4. The normalized spacial score (nSPS) is 26.3. The van der Waals surface area contributed by atoms with Crippen LogP contribution in [0.15, 0.2) is 72.8 Å². The first-order valence-corrected chi connectivity index (χ1v) is 14.2. The SMILES string of the molecule is O=C(CCCCCN1C(=O)[C@H]2[C@H](C1=O)C1(Cl)c3ccccc3C2(Cl)c2ccccc21)OCc1ccccc1Cl. The highest BCUT2D eigenvalue weighted by atomic mass is 35.5. The van der Waals surface area contributed by atoms with Gasteiger partial charge in [0.05, 0.1) is 11.8 Å². The number of ether oxygens (including phenoxy) is 1. The van der Waals surface area contributed by atoms with Crippen LogP contribution in [0.4, 0.5) is 0 Å². The van der Waals surface area contributed by atoms with Crippen molar-refractivity contribution in [1.82, 2.24) is 4.90 Å². The number of carbonyl (C=O) groups excluding carboxylic acids is 3. The molecule has 0 saturated carbocycles. The topological polar surface area (TPSA) is 63.7 Å². The first kappa shape index (κ1) is 26.4. The maximum absolute atomic E-state index is 13.8. The second kappa shape index (κ2) is 9.96. The predicted molar refractivity (Wildman–Crippen MR) is 150 cm³/mol. The number of likely N-dealkylation sites (tertiary alicyclic amines) is 1. The molecule has 4 aliphatic rings. The molecule has 1 fully saturated rings. The lowest BCUT2D eigenvalue weighted by Gasteiger charge is -2.54. The number of halogens is 3. The maximum Gasteiger partial charge on any atom is 0.306 e. The molecular weight excluding hydrogens is 557 g/mol. The Labute approximate surface area is 242 Å². The van der Waals surface area contributed by atoms with Crippen molar-refractivity contribution in [3.8, 4) is 0 Å². The molecule has 7 rings (SSSR count). The average molecular weight is 583 g/mol. The van der Waals surface area contributed by atoms with E-state index in [0.717, 1.165) is 27.8 Å². The smallest absolute Gasteiger partial charge is 0.306 e. The summed E-state index contributed by atoms with van der Waals surface area (Å²) < 4.78 is 5.33. The van der Waals surface area contributed by atoms with Crippen LogP contribution in [0, 0.1) is 11.8 Å². The first-order chi connectivity index (χ1) is 18.8. The van der Waals surface area contributed by atoms with Crippen LogP contribution in [0.2, 0.25) is 5.02 Å². The summed E-state index contributed by atoms with van der Waals surface area (Å²) in [7, 11) is 0. The largest absolute Gasteiger partial charge is 0.461 e. The van der Waals surface area contributed by atoms with Gasteiger partial charge in [-0.25, -0.2) is 0 Å². The molecule has 0 spiro atoms. The van der Waals surface area contributed by atoms with Gasteiger partial charge in [0.2, 0.25) is 11.8 Å². The van der Waals surface area contributed by atoms with Crippen molar-refractivity contribution in [2.75, 3.05) is 6.54 Å². The Kier molecular flexibility index (Phi) is 6.73. The van der Waals surface area contributed by atoms with Crippen molar-refractivity contribution in [1.29, 1.82) is 0 Å². The summed E-state index contributed by atoms with van der Waals surface area (Å²) in [5.41, 5.74) is 3.92. The van der Waals surface area contributed by atoms with Gasteiger partial charge in [-0.1, -0.05) is 84.8 Å². The molecule has 2 amide bonds. The van der Waals surface area contributed by atoms with Crippen LogP contribution in [-0.4, -0.2) is 29.2 Å². The van der Waals surface area contributed by atoms with Crippen molar-refractivity contribution >= 4 is 52.6 Å². The summed E-state index contributed by atoms with van der Waals surface area (Å²) >= 11 is 21.0. The number of rotatable bonds is 8. The fraction of sp³-hybridized carbons (Fsp3) is 0.323. The van der Waals surface area contributed by atoms with Gasteiger partial charge in [-0.15, -0.1) is 23.2 Å². The number of imide groups is 1. The van der Waals surface area contributed by atoms with Gasteiger partial charge in [-0.05, 0) is 41.2 Å². The minimum absolute atomic E-state index is 0.128. The third kappa shape index (κ3) is 3.93. The molecule has 200 valence electrons. The molecular formula is C31H26Cl3NO4. The van der Waals surface area contributed by atoms with E-state index < -0.39 is 21.6 Å². The van der Waals surface area contributed by atoms with E-state index in [2.05, 4.69) is 0 Å². The predicted octanol–water partition coefficient (Wildman–Crippen LogP) is 6.54. The molecule has 3 aliphatic carbocycles. The first-order valence-electron chi connectivity index (χ1n) is 13.1. The number of hydrogen-bond donors (Lipinski definition) is 0. The van der Waals surface area contributed by atoms with Crippen LogP contribution in [0.5, 0.6) is 0 Å². The van der Waals surface area contributed by atoms with Crippen molar-refractivity contribution in [2.24, 2.45) is 11.8 Å². The average Bonchev–Trinajstić information content (AvgIpc) is 3.21. The number of carbonyl (C=O) groups is 3. The Morgan fingerprint density at radius 2 is 1.23 bits per heavy atom. The minimum atomic E-state index is -1.17. The number of hydrogen-bond acceptors (Lipinski definition) is 4. The molecule has 0 N–H and O–H groups in total. The number of alkyl halides is 2. The molecule has 0 radical (unpaired) electrons. The van der Waals surface area contributed by atoms with Crippen molar-refractivity contribution < 1.29 is 19.1 Å². The van der Waals surface area contributed by atoms with Crippen LogP contribution in [0.1, 0.15) is 53.5 Å². The van der Waals surface area contributed by atoms with Crippen LogP contribution >= 0.6 is 34.8 Å². The van der Waals surface area contributed by atoms with Gasteiger partial charge in [-0.2, -0.15) is 0 Å². The molecule has 0 aromatic heterocycles. The summed E-state index contributed by atoms with van der Waals surface area (Å²) in [4.78, 5) is 38.8. The third-order valence-corrected chi connectivity index (χ3v) is 9.94. The molecule has 1 heterocycles. The Balaban J connectivity index is 1.13. The van der Waals surface area contributed by atoms with E-state index in [1.54, 1.807) is 6.07 Å². The van der Waals surface area contributed by atoms with Crippen LogP contribution < -0.4 is 0 Å². The van der Waals surface area contributed by atoms with Gasteiger partial charge < -0.3 is 4.74 Å². The molecule has 8 heteroatoms. The fourth-order valence-corrected chi connectivity index (χ4v) is 7.80. The summed E-state index contributed by atoms with van der Waals surface area (Å²) in [5, 5.41) is 0.558. The second-order valence-corrected chi connectivity index (χ2v) is 12.0. The summed E-state index contributed by atoms with van der Waals surface area (Å²) in [6.07, 6.45) is 2.06. The van der Waals surface area contributed by atoms with Crippen LogP contribution in [0.25, 0.3) is 0 Å². The van der Waals surface area contributed by atoms with Crippen molar-refractivity contribution in [3.05, 3.63) is 106 Å². The number of nitrogens with zero attached hydrogens (tertiary/aromatic N) is 1. The number of amides is 2. The summed E-state index contributed by atoms with van der Waals surface area (Å²) in [6, 6.07) is 22.4. The Morgan fingerprint density at radius 3 is 1.74 bits per heavy atom. The van der Waals surface area contributed by atoms with E-state index >= 15 is 0 Å². The molecule has 1 aliphatic heterocycles. The highest BCUT2D eigenvalue weighted by Crippen LogP contribution is 2.69. The molecule has 1 saturated heterocycles. The van der Waals surface area contributed by atoms with E-state index in [0.29, 0.717) is 24.3 Å². The van der Waals surface area contributed by atoms with Crippen molar-refractivity contribution in [2.45, 2.75) is 42.0 Å². The zero-order chi connectivity index (χ0) is 27.4. The fourth-order valence-electron chi connectivity index (χ4n) is 6.51. The van der Waals surface area contributed by atoms with Gasteiger partial charge in [0, 0.05) is 23.6 Å². The van der Waals surface area contributed by atoms with E-state index in [9.17, 15) is 14.4 Å². The third-order valence-electron chi connectivity index (χ3n) is 8.29. The van der Waals surface area contributed by atoms with E-state index in [-0.39, 0.29) is 37.4 Å². The highest BCUT2D eigenvalue weighted by molar-refractivity contribution is 6.36. The molecule has 2 bridgehead atoms. The monoisotopic (exact) mass is 581 g/mol. The van der Waals surface area contributed by atoms with E-state index in [1.807, 2.05) is 66.7 Å². The van der Waals surface area contributed by atoms with Crippen LogP contribution in [-0.2, 0) is 35.5 Å². The summed E-state index contributed by atoms with van der Waals surface area (Å²) in [6.45, 7) is 0.384. The molecule has 2 atom stereocenters. The Hall–Kier alpha value is -2.86. The van der Waals surface area contributed by atoms with Gasteiger partial charge >= 0.3 is 5.97 Å². The number of esters is 1. The van der Waals surface area contributed by atoms with Gasteiger partial charge in [0.15, 0.2) is 0 Å². The van der Waals surface area contributed by atoms with Gasteiger partial charge in [0.1, 0.15) is 16.4 Å². The Bertz CT molecular complexity index is 1370. The minimum Gasteiger partial charge on any atom is -0.461 e. The zero-order valence-electron chi connectivity index (χ0n) is 21.0. The quantitative estimate of drug-likeness (QED) is 0.131. The Morgan fingerprint density at radius 1 is 0.744 bits per heavy atom. The lowest BCUT2D eigenvalue weighted by atomic mass is 9.54. The van der Waals surface area contributed by atoms with Crippen LogP contribution in [0.3, 0.4) is 0 Å². The number of unbranched alkanes of at least 4 members (excludes halogenated alkanes) is 2. The van der Waals surface area contributed by atoms with E-state index in [4.69, 9.17) is 39.5 Å². The molecule has 5 nitrogen and oxygen atoms in total. The van der Waals surface area contributed by atoms with E-state index in [1.165, 1.54) is 4.90 Å². The van der Waals surface area contributed by atoms with Gasteiger partial charge in [0.25, 0.3) is 0 Å². The zero-order valence-corrected chi connectivity index (χ0v) is 23.3. The molecule has 39 heavy (non-hydrogen) atoms. The summed E-state index contributed by atoms with van der Waals surface area (Å²) in [5.74, 6) is -2.45. The number of benzene rings is 3. The lowest BCUT2D eigenvalue weighted by molar-refractivity contribution is -0.145. The maximum atomic E-state index is 13.8. The molecule has 0 unspecified atom stereocenters. The van der Waals surface area contributed by atoms with Gasteiger partial charge in [-0.3, -0.25) is 19.3 Å². The lowest BCUT2D eigenvalue weighted by Crippen LogP contribution is -2.57. The molecule has 3 aromatic carbocycles. The molecule has 3 aromatic rings. The highest BCUT2D eigenvalue weighted by Gasteiger charge is 2.72. The van der Waals surface area contributed by atoms with Crippen molar-refractivity contribution in [3.63, 3.8) is 0 Å². The standard InChI is InChI=1S/C31H26Cl3NO4/c32-24-15-8-3-10-19(24)18-39-25(36)16-2-1-9-17-35-28(37)26-27(29(35)38)31(34)21-12-5-4-11-20(21)30(26,33)22-13-6-7-14-23(22)31/h3-8,10-15,26-27H,1-2,9,16-18H2/t26-,27-,30?,31?/m1/s1.